The smallest absolute Gasteiger partial charge is 0.162 e. The predicted octanol–water partition coefficient (Wildman–Crippen LogP) is 5.02. The lowest BCUT2D eigenvalue weighted by atomic mass is 9.95. The molecule has 1 saturated heterocycles. The highest BCUT2D eigenvalue weighted by atomic mass is 16.5. The Kier molecular flexibility index (Phi) is 7.01. The maximum atomic E-state index is 10.9. The number of nitrogens with one attached hydrogen (secondary N) is 1. The standard InChI is InChI=1S/C26H29NO3/c28-26(23-13-7-8-16-27-23)22-14-15-24(29-18-20-9-3-1-4-10-20)25(17-22)30-19-21-11-5-2-6-12-21/h1-6,9-12,14-15,17,23,26-28H,7-8,13,16,18-19H2. The van der Waals surface area contributed by atoms with Gasteiger partial charge in [0, 0.05) is 6.04 Å². The lowest BCUT2D eigenvalue weighted by Crippen LogP contribution is -2.38. The minimum Gasteiger partial charge on any atom is -0.485 e. The van der Waals surface area contributed by atoms with Crippen molar-refractivity contribution in [2.75, 3.05) is 6.54 Å². The van der Waals surface area contributed by atoms with Crippen LogP contribution in [0.15, 0.2) is 78.9 Å². The van der Waals surface area contributed by atoms with E-state index in [-0.39, 0.29) is 6.04 Å². The fourth-order valence-corrected chi connectivity index (χ4v) is 3.79. The first-order valence-electron chi connectivity index (χ1n) is 10.7. The van der Waals surface area contributed by atoms with Crippen LogP contribution >= 0.6 is 0 Å². The summed E-state index contributed by atoms with van der Waals surface area (Å²) < 4.78 is 12.2. The average molecular weight is 404 g/mol. The van der Waals surface area contributed by atoms with Crippen LogP contribution in [0.2, 0.25) is 0 Å². The molecule has 0 bridgehead atoms. The first-order chi connectivity index (χ1) is 14.8. The van der Waals surface area contributed by atoms with Crippen LogP contribution in [-0.2, 0) is 13.2 Å². The number of hydrogen-bond donors (Lipinski definition) is 2. The highest BCUT2D eigenvalue weighted by molar-refractivity contribution is 5.44. The van der Waals surface area contributed by atoms with Gasteiger partial charge in [-0.1, -0.05) is 73.2 Å². The van der Waals surface area contributed by atoms with Crippen LogP contribution in [0.5, 0.6) is 11.5 Å². The molecule has 0 aliphatic carbocycles. The van der Waals surface area contributed by atoms with Gasteiger partial charge in [-0.15, -0.1) is 0 Å². The first kappa shape index (κ1) is 20.5. The normalized spacial score (nSPS) is 17.3. The van der Waals surface area contributed by atoms with Crippen molar-refractivity contribution in [1.82, 2.24) is 5.32 Å². The number of aliphatic hydroxyl groups excluding tert-OH is 1. The molecule has 0 aromatic heterocycles. The molecule has 1 aliphatic heterocycles. The van der Waals surface area contributed by atoms with Gasteiger partial charge in [-0.2, -0.15) is 0 Å². The molecule has 30 heavy (non-hydrogen) atoms. The summed E-state index contributed by atoms with van der Waals surface area (Å²) in [5.74, 6) is 1.34. The second-order valence-electron chi connectivity index (χ2n) is 7.76. The zero-order chi connectivity index (χ0) is 20.6. The Bertz CT molecular complexity index is 908. The van der Waals surface area contributed by atoms with Gasteiger partial charge >= 0.3 is 0 Å². The monoisotopic (exact) mass is 403 g/mol. The van der Waals surface area contributed by atoms with Gasteiger partial charge in [-0.05, 0) is 48.2 Å². The van der Waals surface area contributed by atoms with Crippen molar-refractivity contribution in [2.45, 2.75) is 44.6 Å². The fraction of sp³-hybridized carbons (Fsp3) is 0.308. The molecule has 1 fully saturated rings. The lowest BCUT2D eigenvalue weighted by Gasteiger charge is -2.28. The van der Waals surface area contributed by atoms with E-state index < -0.39 is 6.10 Å². The van der Waals surface area contributed by atoms with Crippen molar-refractivity contribution >= 4 is 0 Å². The lowest BCUT2D eigenvalue weighted by molar-refractivity contribution is 0.113. The predicted molar refractivity (Wildman–Crippen MR) is 119 cm³/mol. The number of ether oxygens (including phenoxy) is 2. The third-order valence-corrected chi connectivity index (χ3v) is 5.51. The minimum absolute atomic E-state index is 0.0804. The van der Waals surface area contributed by atoms with Crippen LogP contribution in [-0.4, -0.2) is 17.7 Å². The molecule has 1 heterocycles. The van der Waals surface area contributed by atoms with Crippen LogP contribution in [0.25, 0.3) is 0 Å². The molecule has 4 rings (SSSR count). The van der Waals surface area contributed by atoms with Crippen molar-refractivity contribution in [1.29, 1.82) is 0 Å². The summed E-state index contributed by atoms with van der Waals surface area (Å²) >= 11 is 0. The van der Waals surface area contributed by atoms with E-state index in [1.807, 2.05) is 78.9 Å². The van der Waals surface area contributed by atoms with Gasteiger partial charge in [-0.3, -0.25) is 0 Å². The van der Waals surface area contributed by atoms with Crippen molar-refractivity contribution < 1.29 is 14.6 Å². The summed E-state index contributed by atoms with van der Waals surface area (Å²) in [6, 6.07) is 26.0. The summed E-state index contributed by atoms with van der Waals surface area (Å²) in [7, 11) is 0. The van der Waals surface area contributed by atoms with Crippen LogP contribution in [0, 0.1) is 0 Å². The summed E-state index contributed by atoms with van der Waals surface area (Å²) in [5, 5.41) is 14.3. The van der Waals surface area contributed by atoms with E-state index in [0.717, 1.165) is 36.1 Å². The zero-order valence-corrected chi connectivity index (χ0v) is 17.2. The quantitative estimate of drug-likeness (QED) is 0.554. The van der Waals surface area contributed by atoms with E-state index in [1.165, 1.54) is 6.42 Å². The second kappa shape index (κ2) is 10.3. The molecule has 2 atom stereocenters. The van der Waals surface area contributed by atoms with E-state index in [4.69, 9.17) is 9.47 Å². The molecule has 2 N–H and O–H groups in total. The van der Waals surface area contributed by atoms with Crippen molar-refractivity contribution in [3.8, 4) is 11.5 Å². The van der Waals surface area contributed by atoms with Crippen molar-refractivity contribution in [3.63, 3.8) is 0 Å². The van der Waals surface area contributed by atoms with E-state index in [1.54, 1.807) is 0 Å². The van der Waals surface area contributed by atoms with E-state index in [2.05, 4.69) is 5.32 Å². The Labute approximate surface area is 178 Å². The largest absolute Gasteiger partial charge is 0.485 e. The number of hydrogen-bond acceptors (Lipinski definition) is 4. The molecule has 0 spiro atoms. The van der Waals surface area contributed by atoms with Gasteiger partial charge in [0.2, 0.25) is 0 Å². The summed E-state index contributed by atoms with van der Waals surface area (Å²) in [6.45, 7) is 1.87. The third kappa shape index (κ3) is 5.41. The van der Waals surface area contributed by atoms with Gasteiger partial charge < -0.3 is 19.9 Å². The maximum absolute atomic E-state index is 10.9. The molecule has 0 amide bonds. The Hall–Kier alpha value is -2.82. The highest BCUT2D eigenvalue weighted by Gasteiger charge is 2.23. The van der Waals surface area contributed by atoms with Gasteiger partial charge in [0.25, 0.3) is 0 Å². The van der Waals surface area contributed by atoms with E-state index >= 15 is 0 Å². The minimum atomic E-state index is -0.562. The average Bonchev–Trinajstić information content (AvgIpc) is 2.83. The Morgan fingerprint density at radius 2 is 1.43 bits per heavy atom. The van der Waals surface area contributed by atoms with Gasteiger partial charge in [0.05, 0.1) is 6.10 Å². The molecule has 3 aromatic carbocycles. The molecule has 3 aromatic rings. The Balaban J connectivity index is 1.52. The zero-order valence-electron chi connectivity index (χ0n) is 17.2. The number of aliphatic hydroxyl groups is 1. The highest BCUT2D eigenvalue weighted by Crippen LogP contribution is 2.34. The molecule has 0 saturated carbocycles. The second-order valence-corrected chi connectivity index (χ2v) is 7.76. The van der Waals surface area contributed by atoms with E-state index in [0.29, 0.717) is 24.7 Å². The summed E-state index contributed by atoms with van der Waals surface area (Å²) in [6.07, 6.45) is 2.73. The fourth-order valence-electron chi connectivity index (χ4n) is 3.79. The van der Waals surface area contributed by atoms with Crippen molar-refractivity contribution in [2.24, 2.45) is 0 Å². The topological polar surface area (TPSA) is 50.7 Å². The molecular weight excluding hydrogens is 374 g/mol. The summed E-state index contributed by atoms with van der Waals surface area (Å²) in [4.78, 5) is 0. The maximum Gasteiger partial charge on any atom is 0.162 e. The third-order valence-electron chi connectivity index (χ3n) is 5.51. The van der Waals surface area contributed by atoms with Gasteiger partial charge in [-0.25, -0.2) is 0 Å². The molecule has 156 valence electrons. The van der Waals surface area contributed by atoms with Gasteiger partial charge in [0.1, 0.15) is 13.2 Å². The number of piperidine rings is 1. The SMILES string of the molecule is OC(c1ccc(OCc2ccccc2)c(OCc2ccccc2)c1)C1CCCCN1. The Morgan fingerprint density at radius 3 is 2.03 bits per heavy atom. The van der Waals surface area contributed by atoms with Crippen LogP contribution in [0.4, 0.5) is 0 Å². The van der Waals surface area contributed by atoms with Crippen LogP contribution in [0.1, 0.15) is 42.1 Å². The molecule has 4 heteroatoms. The van der Waals surface area contributed by atoms with Crippen molar-refractivity contribution in [3.05, 3.63) is 95.6 Å². The molecule has 2 unspecified atom stereocenters. The van der Waals surface area contributed by atoms with E-state index in [9.17, 15) is 5.11 Å². The Morgan fingerprint density at radius 1 is 0.800 bits per heavy atom. The van der Waals surface area contributed by atoms with Crippen LogP contribution in [0.3, 0.4) is 0 Å². The van der Waals surface area contributed by atoms with Gasteiger partial charge in [0.15, 0.2) is 11.5 Å². The summed E-state index contributed by atoms with van der Waals surface area (Å²) in [5.41, 5.74) is 3.04. The molecular formula is C26H29NO3. The molecule has 4 nitrogen and oxygen atoms in total. The number of rotatable bonds is 8. The molecule has 0 radical (unpaired) electrons. The van der Waals surface area contributed by atoms with Crippen LogP contribution < -0.4 is 14.8 Å². The number of benzene rings is 3. The first-order valence-corrected chi connectivity index (χ1v) is 10.7. The molecule has 1 aliphatic rings.